The van der Waals surface area contributed by atoms with Gasteiger partial charge in [-0.15, -0.1) is 10.2 Å². The van der Waals surface area contributed by atoms with E-state index >= 15 is 0 Å². The summed E-state index contributed by atoms with van der Waals surface area (Å²) in [6.45, 7) is 0.384. The van der Waals surface area contributed by atoms with Crippen LogP contribution in [0.3, 0.4) is 0 Å². The van der Waals surface area contributed by atoms with Crippen molar-refractivity contribution < 1.29 is 9.84 Å². The van der Waals surface area contributed by atoms with E-state index in [4.69, 9.17) is 4.74 Å². The molecule has 1 N–H and O–H groups in total. The quantitative estimate of drug-likeness (QED) is 0.756. The van der Waals surface area contributed by atoms with E-state index in [1.165, 1.54) is 0 Å². The zero-order valence-electron chi connectivity index (χ0n) is 10.8. The molecule has 2 aromatic heterocycles. The maximum atomic E-state index is 9.50. The Hall–Kier alpha value is -2.47. The minimum Gasteiger partial charge on any atom is -0.477 e. The molecule has 0 spiro atoms. The predicted molar refractivity (Wildman–Crippen MR) is 72.5 cm³/mol. The number of hydrogen-bond donors (Lipinski definition) is 1. The fourth-order valence-electron chi connectivity index (χ4n) is 2.00. The zero-order valence-corrected chi connectivity index (χ0v) is 10.8. The third-order valence-electron chi connectivity index (χ3n) is 3.11. The van der Waals surface area contributed by atoms with Crippen molar-refractivity contribution in [3.63, 3.8) is 0 Å². The average molecular weight is 270 g/mol. The highest BCUT2D eigenvalue weighted by atomic mass is 16.5. The van der Waals surface area contributed by atoms with E-state index in [0.717, 1.165) is 5.56 Å². The van der Waals surface area contributed by atoms with Crippen LogP contribution in [0.4, 0.5) is 0 Å². The second-order valence-electron chi connectivity index (χ2n) is 4.41. The van der Waals surface area contributed by atoms with E-state index in [0.29, 0.717) is 18.1 Å². The number of aliphatic hydroxyl groups excluding tert-OH is 1. The van der Waals surface area contributed by atoms with E-state index in [-0.39, 0.29) is 12.5 Å². The summed E-state index contributed by atoms with van der Waals surface area (Å²) in [4.78, 5) is 4.05. The highest BCUT2D eigenvalue weighted by molar-refractivity contribution is 5.36. The van der Waals surface area contributed by atoms with Crippen LogP contribution in [0.5, 0.6) is 5.88 Å². The fraction of sp³-hybridized carbons (Fsp3) is 0.214. The topological polar surface area (TPSA) is 72.5 Å². The van der Waals surface area contributed by atoms with Crippen molar-refractivity contribution in [1.29, 1.82) is 0 Å². The largest absolute Gasteiger partial charge is 0.477 e. The minimum atomic E-state index is -0.0806. The summed E-state index contributed by atoms with van der Waals surface area (Å²) in [5, 5.41) is 17.2. The van der Waals surface area contributed by atoms with E-state index in [9.17, 15) is 5.11 Å². The molecule has 1 unspecified atom stereocenters. The number of ether oxygens (including phenoxy) is 1. The minimum absolute atomic E-state index is 0.0234. The monoisotopic (exact) mass is 270 g/mol. The zero-order chi connectivity index (χ0) is 13.8. The molecule has 3 rings (SSSR count). The van der Waals surface area contributed by atoms with Crippen molar-refractivity contribution in [2.45, 2.75) is 5.92 Å². The number of aliphatic hydroxyl groups is 1. The maximum Gasteiger partial charge on any atom is 0.219 e. The van der Waals surface area contributed by atoms with Gasteiger partial charge in [0.25, 0.3) is 0 Å². The summed E-state index contributed by atoms with van der Waals surface area (Å²) < 4.78 is 7.46. The van der Waals surface area contributed by atoms with Crippen LogP contribution < -0.4 is 4.74 Å². The highest BCUT2D eigenvalue weighted by Gasteiger charge is 2.12. The Kier molecular flexibility index (Phi) is 3.56. The number of hydrogen-bond acceptors (Lipinski definition) is 5. The van der Waals surface area contributed by atoms with Crippen molar-refractivity contribution in [2.24, 2.45) is 0 Å². The first-order chi connectivity index (χ1) is 9.88. The molecule has 20 heavy (non-hydrogen) atoms. The molecule has 0 radical (unpaired) electrons. The third-order valence-corrected chi connectivity index (χ3v) is 3.11. The van der Waals surface area contributed by atoms with Gasteiger partial charge in [0.2, 0.25) is 5.88 Å². The van der Waals surface area contributed by atoms with Gasteiger partial charge in [-0.3, -0.25) is 4.98 Å². The van der Waals surface area contributed by atoms with Crippen molar-refractivity contribution in [3.05, 3.63) is 54.6 Å². The van der Waals surface area contributed by atoms with E-state index in [1.807, 2.05) is 30.3 Å². The summed E-state index contributed by atoms with van der Waals surface area (Å²) in [6, 6.07) is 9.78. The molecule has 1 atom stereocenters. The lowest BCUT2D eigenvalue weighted by Gasteiger charge is -2.15. The fourth-order valence-corrected chi connectivity index (χ4v) is 2.00. The van der Waals surface area contributed by atoms with E-state index in [2.05, 4.69) is 15.2 Å². The molecule has 6 heteroatoms. The van der Waals surface area contributed by atoms with Crippen LogP contribution in [0, 0.1) is 0 Å². The molecule has 0 aliphatic carbocycles. The molecule has 0 aliphatic rings. The lowest BCUT2D eigenvalue weighted by atomic mass is 10.0. The van der Waals surface area contributed by atoms with Gasteiger partial charge in [-0.05, 0) is 5.56 Å². The van der Waals surface area contributed by atoms with Crippen molar-refractivity contribution >= 4 is 5.65 Å². The highest BCUT2D eigenvalue weighted by Crippen LogP contribution is 2.18. The standard InChI is InChI=1S/C14H14N4O2/c19-8-12(11-4-2-1-3-5-11)9-20-14-7-15-6-13-17-16-10-18(13)14/h1-7,10,12,19H,8-9H2. The van der Waals surface area contributed by atoms with E-state index in [1.54, 1.807) is 23.1 Å². The van der Waals surface area contributed by atoms with Crippen LogP contribution in [-0.2, 0) is 0 Å². The van der Waals surface area contributed by atoms with Gasteiger partial charge in [-0.1, -0.05) is 30.3 Å². The van der Waals surface area contributed by atoms with Gasteiger partial charge in [-0.25, -0.2) is 4.40 Å². The molecule has 0 amide bonds. The van der Waals surface area contributed by atoms with Gasteiger partial charge in [-0.2, -0.15) is 0 Å². The summed E-state index contributed by atoms with van der Waals surface area (Å²) >= 11 is 0. The van der Waals surface area contributed by atoms with Gasteiger partial charge in [0, 0.05) is 5.92 Å². The van der Waals surface area contributed by atoms with Gasteiger partial charge in [0.1, 0.15) is 6.33 Å². The van der Waals surface area contributed by atoms with Crippen molar-refractivity contribution in [1.82, 2.24) is 19.6 Å². The van der Waals surface area contributed by atoms with Crippen LogP contribution in [0.2, 0.25) is 0 Å². The molecule has 2 heterocycles. The Bertz CT molecular complexity index is 684. The number of rotatable bonds is 5. The van der Waals surface area contributed by atoms with Crippen LogP contribution >= 0.6 is 0 Å². The van der Waals surface area contributed by atoms with Crippen LogP contribution in [0.1, 0.15) is 11.5 Å². The molecular formula is C14H14N4O2. The molecular weight excluding hydrogens is 256 g/mol. The number of fused-ring (bicyclic) bond motifs is 1. The Morgan fingerprint density at radius 2 is 2.05 bits per heavy atom. The summed E-state index contributed by atoms with van der Waals surface area (Å²) in [7, 11) is 0. The molecule has 102 valence electrons. The SMILES string of the molecule is OCC(COc1cncc2nncn12)c1ccccc1. The number of nitrogens with zero attached hydrogens (tertiary/aromatic N) is 4. The van der Waals surface area contributed by atoms with Crippen molar-refractivity contribution in [2.75, 3.05) is 13.2 Å². The first-order valence-corrected chi connectivity index (χ1v) is 6.31. The maximum absolute atomic E-state index is 9.50. The lowest BCUT2D eigenvalue weighted by molar-refractivity contribution is 0.199. The number of aromatic nitrogens is 4. The first kappa shape index (κ1) is 12.6. The summed E-state index contributed by atoms with van der Waals surface area (Å²) in [5.41, 5.74) is 1.67. The molecule has 0 saturated carbocycles. The molecule has 0 aliphatic heterocycles. The Balaban J connectivity index is 1.77. The molecule has 3 aromatic rings. The van der Waals surface area contributed by atoms with Gasteiger partial charge < -0.3 is 9.84 Å². The second kappa shape index (κ2) is 5.66. The van der Waals surface area contributed by atoms with Crippen LogP contribution in [0.25, 0.3) is 5.65 Å². The van der Waals surface area contributed by atoms with E-state index < -0.39 is 0 Å². The van der Waals surface area contributed by atoms with Gasteiger partial charge >= 0.3 is 0 Å². The summed E-state index contributed by atoms with van der Waals surface area (Å²) in [6.07, 6.45) is 4.79. The third kappa shape index (κ3) is 2.46. The van der Waals surface area contributed by atoms with Crippen LogP contribution in [-0.4, -0.2) is 37.9 Å². The number of benzene rings is 1. The molecule has 0 fully saturated rings. The Morgan fingerprint density at radius 1 is 1.20 bits per heavy atom. The first-order valence-electron chi connectivity index (χ1n) is 6.31. The smallest absolute Gasteiger partial charge is 0.219 e. The van der Waals surface area contributed by atoms with Crippen molar-refractivity contribution in [3.8, 4) is 5.88 Å². The predicted octanol–water partition coefficient (Wildman–Crippen LogP) is 1.28. The molecule has 1 aromatic carbocycles. The Morgan fingerprint density at radius 3 is 2.85 bits per heavy atom. The normalized spacial score (nSPS) is 12.4. The second-order valence-corrected chi connectivity index (χ2v) is 4.41. The van der Waals surface area contributed by atoms with Gasteiger partial charge in [0.15, 0.2) is 5.65 Å². The summed E-state index contributed by atoms with van der Waals surface area (Å²) in [5.74, 6) is 0.477. The molecule has 6 nitrogen and oxygen atoms in total. The molecule has 0 saturated heterocycles. The van der Waals surface area contributed by atoms with Gasteiger partial charge in [0.05, 0.1) is 25.6 Å². The lowest BCUT2D eigenvalue weighted by Crippen LogP contribution is -2.15. The molecule has 0 bridgehead atoms. The Labute approximate surface area is 115 Å². The van der Waals surface area contributed by atoms with Crippen LogP contribution in [0.15, 0.2) is 49.1 Å². The average Bonchev–Trinajstić information content (AvgIpc) is 2.98.